The largest absolute Gasteiger partial charge is 0.381 e. The van der Waals surface area contributed by atoms with Crippen LogP contribution in [0.2, 0.25) is 0 Å². The van der Waals surface area contributed by atoms with Crippen molar-refractivity contribution in [3.05, 3.63) is 30.7 Å². The van der Waals surface area contributed by atoms with E-state index in [4.69, 9.17) is 5.73 Å². The van der Waals surface area contributed by atoms with Crippen LogP contribution >= 0.6 is 0 Å². The third-order valence-electron chi connectivity index (χ3n) is 2.59. The zero-order chi connectivity index (χ0) is 13.2. The van der Waals surface area contributed by atoms with E-state index in [1.807, 2.05) is 12.1 Å². The van der Waals surface area contributed by atoms with Crippen LogP contribution in [0.15, 0.2) is 30.7 Å². The summed E-state index contributed by atoms with van der Waals surface area (Å²) < 4.78 is 1.37. The van der Waals surface area contributed by atoms with Crippen molar-refractivity contribution in [3.8, 4) is 0 Å². The van der Waals surface area contributed by atoms with Gasteiger partial charge in [-0.15, -0.1) is 5.10 Å². The van der Waals surface area contributed by atoms with Gasteiger partial charge >= 0.3 is 0 Å². The first-order chi connectivity index (χ1) is 9.22. The van der Waals surface area contributed by atoms with Crippen LogP contribution in [0.3, 0.4) is 0 Å². The maximum Gasteiger partial charge on any atom is 0.246 e. The number of carbonyl (C=O) groups is 1. The van der Waals surface area contributed by atoms with Crippen molar-refractivity contribution >= 4 is 28.4 Å². The first kappa shape index (κ1) is 11.2. The molecule has 0 saturated heterocycles. The second kappa shape index (κ2) is 4.41. The number of H-pyrrole nitrogens is 1. The predicted molar refractivity (Wildman–Crippen MR) is 69.2 cm³/mol. The molecule has 0 atom stereocenters. The van der Waals surface area contributed by atoms with Gasteiger partial charge in [-0.1, -0.05) is 11.3 Å². The smallest absolute Gasteiger partial charge is 0.246 e. The molecular weight excluding hydrogens is 246 g/mol. The monoisotopic (exact) mass is 257 g/mol. The number of carbonyl (C=O) groups excluding carboxylic acids is 1. The topological polar surface area (TPSA) is 115 Å². The highest BCUT2D eigenvalue weighted by atomic mass is 16.2. The van der Waals surface area contributed by atoms with E-state index < -0.39 is 0 Å². The van der Waals surface area contributed by atoms with E-state index in [1.54, 1.807) is 12.4 Å². The molecule has 0 radical (unpaired) electrons. The summed E-state index contributed by atoms with van der Waals surface area (Å²) in [6.45, 7) is 0.0466. The van der Waals surface area contributed by atoms with Crippen molar-refractivity contribution in [1.29, 1.82) is 0 Å². The van der Waals surface area contributed by atoms with E-state index in [0.717, 1.165) is 5.52 Å². The van der Waals surface area contributed by atoms with Crippen LogP contribution in [0, 0.1) is 0 Å². The van der Waals surface area contributed by atoms with Crippen molar-refractivity contribution in [3.63, 3.8) is 0 Å². The van der Waals surface area contributed by atoms with Gasteiger partial charge in [0.1, 0.15) is 12.1 Å². The number of rotatable bonds is 3. The van der Waals surface area contributed by atoms with Crippen molar-refractivity contribution in [2.45, 2.75) is 6.54 Å². The Morgan fingerprint density at radius 1 is 1.47 bits per heavy atom. The third-order valence-corrected chi connectivity index (χ3v) is 2.59. The van der Waals surface area contributed by atoms with Crippen LogP contribution in [0.5, 0.6) is 0 Å². The van der Waals surface area contributed by atoms with E-state index in [-0.39, 0.29) is 18.3 Å². The number of fused-ring (bicyclic) bond motifs is 1. The van der Waals surface area contributed by atoms with Crippen LogP contribution in [0.1, 0.15) is 0 Å². The van der Waals surface area contributed by atoms with Crippen molar-refractivity contribution in [2.75, 3.05) is 11.1 Å². The number of hydrogen-bond donors (Lipinski definition) is 3. The minimum Gasteiger partial charge on any atom is -0.381 e. The molecular formula is C11H11N7O. The third kappa shape index (κ3) is 2.23. The molecule has 1 aromatic carbocycles. The van der Waals surface area contributed by atoms with Gasteiger partial charge in [0.2, 0.25) is 5.91 Å². The number of aromatic amines is 1. The average molecular weight is 257 g/mol. The Hall–Kier alpha value is -2.90. The molecule has 4 N–H and O–H groups in total. The lowest BCUT2D eigenvalue weighted by molar-refractivity contribution is -0.116. The van der Waals surface area contributed by atoms with Gasteiger partial charge in [-0.05, 0) is 12.1 Å². The van der Waals surface area contributed by atoms with Gasteiger partial charge in [-0.2, -0.15) is 0 Å². The summed E-state index contributed by atoms with van der Waals surface area (Å²) in [6.07, 6.45) is 3.08. The average Bonchev–Trinajstić information content (AvgIpc) is 2.98. The number of amides is 1. The van der Waals surface area contributed by atoms with Crippen LogP contribution in [0.25, 0.3) is 11.0 Å². The summed E-state index contributed by atoms with van der Waals surface area (Å²) in [5.41, 5.74) is 7.66. The number of nitrogens with zero attached hydrogens (tertiary/aromatic N) is 4. The maximum atomic E-state index is 11.9. The summed E-state index contributed by atoms with van der Waals surface area (Å²) in [4.78, 5) is 19.0. The SMILES string of the molecule is Nc1cn(CC(=O)Nc2cccc3[nH]cnc23)nn1. The maximum absolute atomic E-state index is 11.9. The number of anilines is 2. The number of nitrogen functional groups attached to an aromatic ring is 1. The number of aromatic nitrogens is 5. The molecule has 2 aromatic heterocycles. The molecule has 3 rings (SSSR count). The number of imidazole rings is 1. The summed E-state index contributed by atoms with van der Waals surface area (Å²) in [5, 5.41) is 10.1. The van der Waals surface area contributed by atoms with Crippen molar-refractivity contribution in [1.82, 2.24) is 25.0 Å². The van der Waals surface area contributed by atoms with Crippen molar-refractivity contribution < 1.29 is 4.79 Å². The van der Waals surface area contributed by atoms with Crippen LogP contribution in [-0.4, -0.2) is 30.9 Å². The normalized spacial score (nSPS) is 10.7. The molecule has 2 heterocycles. The Balaban J connectivity index is 1.77. The molecule has 0 aliphatic heterocycles. The summed E-state index contributed by atoms with van der Waals surface area (Å²) in [7, 11) is 0. The molecule has 19 heavy (non-hydrogen) atoms. The van der Waals surface area contributed by atoms with Gasteiger partial charge in [0, 0.05) is 0 Å². The van der Waals surface area contributed by atoms with E-state index in [2.05, 4.69) is 25.6 Å². The molecule has 0 aliphatic rings. The standard InChI is InChI=1S/C11H11N7O/c12-9-4-18(17-16-9)5-10(19)15-8-3-1-2-7-11(8)14-6-13-7/h1-4,6H,5,12H2,(H,13,14)(H,15,19). The zero-order valence-corrected chi connectivity index (χ0v) is 9.87. The van der Waals surface area contributed by atoms with E-state index in [9.17, 15) is 4.79 Å². The van der Waals surface area contributed by atoms with Gasteiger partial charge < -0.3 is 16.0 Å². The Bertz CT molecular complexity index is 729. The van der Waals surface area contributed by atoms with E-state index in [1.165, 1.54) is 10.9 Å². The fourth-order valence-electron chi connectivity index (χ4n) is 1.79. The highest BCUT2D eigenvalue weighted by Gasteiger charge is 2.08. The molecule has 8 heteroatoms. The van der Waals surface area contributed by atoms with Gasteiger partial charge in [0.25, 0.3) is 0 Å². The van der Waals surface area contributed by atoms with E-state index in [0.29, 0.717) is 11.2 Å². The minimum atomic E-state index is -0.222. The molecule has 0 spiro atoms. The predicted octanol–water partition coefficient (Wildman–Crippen LogP) is 0.375. The Morgan fingerprint density at radius 3 is 3.16 bits per heavy atom. The van der Waals surface area contributed by atoms with Gasteiger partial charge in [-0.25, -0.2) is 9.67 Å². The Morgan fingerprint density at radius 2 is 2.37 bits per heavy atom. The first-order valence-electron chi connectivity index (χ1n) is 5.60. The van der Waals surface area contributed by atoms with Crippen LogP contribution < -0.4 is 11.1 Å². The minimum absolute atomic E-state index is 0.0466. The quantitative estimate of drug-likeness (QED) is 0.627. The second-order valence-corrected chi connectivity index (χ2v) is 3.99. The number of nitrogens with one attached hydrogen (secondary N) is 2. The fourth-order valence-corrected chi connectivity index (χ4v) is 1.79. The molecule has 0 saturated carbocycles. The highest BCUT2D eigenvalue weighted by molar-refractivity contribution is 5.99. The summed E-state index contributed by atoms with van der Waals surface area (Å²) in [6, 6.07) is 5.51. The lowest BCUT2D eigenvalue weighted by atomic mass is 10.2. The summed E-state index contributed by atoms with van der Waals surface area (Å²) in [5.74, 6) is 0.0580. The molecule has 8 nitrogen and oxygen atoms in total. The zero-order valence-electron chi connectivity index (χ0n) is 9.87. The van der Waals surface area contributed by atoms with Gasteiger partial charge in [0.05, 0.1) is 23.7 Å². The van der Waals surface area contributed by atoms with Gasteiger partial charge in [0.15, 0.2) is 5.82 Å². The Labute approximate surface area is 107 Å². The number of hydrogen-bond acceptors (Lipinski definition) is 5. The number of para-hydroxylation sites is 1. The molecule has 0 bridgehead atoms. The first-order valence-corrected chi connectivity index (χ1v) is 5.60. The van der Waals surface area contributed by atoms with Crippen LogP contribution in [-0.2, 0) is 11.3 Å². The van der Waals surface area contributed by atoms with Crippen LogP contribution in [0.4, 0.5) is 11.5 Å². The number of benzene rings is 1. The molecule has 0 unspecified atom stereocenters. The fraction of sp³-hybridized carbons (Fsp3) is 0.0909. The summed E-state index contributed by atoms with van der Waals surface area (Å²) >= 11 is 0. The molecule has 0 fully saturated rings. The molecule has 3 aromatic rings. The molecule has 1 amide bonds. The number of nitrogens with two attached hydrogens (primary N) is 1. The van der Waals surface area contributed by atoms with E-state index >= 15 is 0 Å². The lowest BCUT2D eigenvalue weighted by Crippen LogP contribution is -2.19. The molecule has 96 valence electrons. The van der Waals surface area contributed by atoms with Crippen molar-refractivity contribution in [2.24, 2.45) is 0 Å². The second-order valence-electron chi connectivity index (χ2n) is 3.99. The highest BCUT2D eigenvalue weighted by Crippen LogP contribution is 2.19. The lowest BCUT2D eigenvalue weighted by Gasteiger charge is -2.05. The van der Waals surface area contributed by atoms with Gasteiger partial charge in [-0.3, -0.25) is 4.79 Å². The Kier molecular flexibility index (Phi) is 2.60. The molecule has 0 aliphatic carbocycles.